The van der Waals surface area contributed by atoms with Crippen LogP contribution in [0.3, 0.4) is 0 Å². The predicted octanol–water partition coefficient (Wildman–Crippen LogP) is 1.24. The van der Waals surface area contributed by atoms with Gasteiger partial charge in [0.1, 0.15) is 5.84 Å². The summed E-state index contributed by atoms with van der Waals surface area (Å²) in [7, 11) is 1.76. The molecule has 1 N–H and O–H groups in total. The second-order valence-corrected chi connectivity index (χ2v) is 1.86. The number of nitrogens with zero attached hydrogens (tertiary/aromatic N) is 1. The topological polar surface area (TPSA) is 24.4 Å². The van der Waals surface area contributed by atoms with E-state index in [1.165, 1.54) is 0 Å². The van der Waals surface area contributed by atoms with Gasteiger partial charge in [0, 0.05) is 13.2 Å². The van der Waals surface area contributed by atoms with Gasteiger partial charge in [0.25, 0.3) is 0 Å². The van der Waals surface area contributed by atoms with Gasteiger partial charge >= 0.3 is 0 Å². The molecular formula is C8H10N2. The van der Waals surface area contributed by atoms with Crippen molar-refractivity contribution in [1.82, 2.24) is 5.32 Å². The Bertz CT molecular complexity index is 209. The van der Waals surface area contributed by atoms with Crippen LogP contribution in [0.25, 0.3) is 0 Å². The van der Waals surface area contributed by atoms with Crippen LogP contribution in [-0.2, 0) is 0 Å². The molecule has 0 unspecified atom stereocenters. The number of nitrogens with one attached hydrogen (secondary N) is 1. The van der Waals surface area contributed by atoms with Crippen molar-refractivity contribution in [3.8, 4) is 0 Å². The molecule has 0 saturated heterocycles. The SMILES string of the molecule is CN=C1C=CC=CC=CN1. The summed E-state index contributed by atoms with van der Waals surface area (Å²) in [6.45, 7) is 0. The third kappa shape index (κ3) is 1.90. The average molecular weight is 134 g/mol. The van der Waals surface area contributed by atoms with Gasteiger partial charge in [-0.25, -0.2) is 0 Å². The van der Waals surface area contributed by atoms with E-state index in [1.807, 2.05) is 36.6 Å². The molecule has 0 radical (unpaired) electrons. The molecule has 0 bridgehead atoms. The number of hydrogen-bond donors (Lipinski definition) is 1. The van der Waals surface area contributed by atoms with E-state index >= 15 is 0 Å². The highest BCUT2D eigenvalue weighted by Crippen LogP contribution is 1.85. The first kappa shape index (κ1) is 6.81. The van der Waals surface area contributed by atoms with Crippen LogP contribution >= 0.6 is 0 Å². The van der Waals surface area contributed by atoms with Gasteiger partial charge in [-0.1, -0.05) is 18.2 Å². The lowest BCUT2D eigenvalue weighted by Gasteiger charge is -1.98. The Balaban J connectivity index is 2.74. The van der Waals surface area contributed by atoms with Gasteiger partial charge in [0.15, 0.2) is 0 Å². The molecule has 0 aliphatic carbocycles. The van der Waals surface area contributed by atoms with Crippen LogP contribution in [0, 0.1) is 0 Å². The maximum Gasteiger partial charge on any atom is 0.124 e. The van der Waals surface area contributed by atoms with Crippen LogP contribution < -0.4 is 5.32 Å². The van der Waals surface area contributed by atoms with E-state index in [1.54, 1.807) is 7.05 Å². The van der Waals surface area contributed by atoms with E-state index in [2.05, 4.69) is 10.3 Å². The van der Waals surface area contributed by atoms with Gasteiger partial charge in [0.2, 0.25) is 0 Å². The van der Waals surface area contributed by atoms with Crippen LogP contribution in [-0.4, -0.2) is 12.9 Å². The van der Waals surface area contributed by atoms with Crippen molar-refractivity contribution in [2.24, 2.45) is 4.99 Å². The van der Waals surface area contributed by atoms with Crippen molar-refractivity contribution in [2.75, 3.05) is 7.05 Å². The summed E-state index contributed by atoms with van der Waals surface area (Å²) in [4.78, 5) is 3.98. The Morgan fingerprint density at radius 2 is 2.00 bits per heavy atom. The Morgan fingerprint density at radius 3 is 2.80 bits per heavy atom. The first-order valence-corrected chi connectivity index (χ1v) is 3.16. The Kier molecular flexibility index (Phi) is 2.49. The number of rotatable bonds is 0. The normalized spacial score (nSPS) is 20.3. The van der Waals surface area contributed by atoms with E-state index < -0.39 is 0 Å². The van der Waals surface area contributed by atoms with Gasteiger partial charge in [-0.3, -0.25) is 4.99 Å². The molecule has 0 aromatic rings. The average Bonchev–Trinajstić information content (AvgIpc) is 1.87. The van der Waals surface area contributed by atoms with E-state index in [0.717, 1.165) is 5.84 Å². The maximum atomic E-state index is 3.98. The molecule has 0 aromatic carbocycles. The highest BCUT2D eigenvalue weighted by Gasteiger charge is 1.85. The van der Waals surface area contributed by atoms with Crippen LogP contribution in [0.4, 0.5) is 0 Å². The molecule has 1 aliphatic rings. The first-order valence-electron chi connectivity index (χ1n) is 3.16. The molecule has 0 saturated carbocycles. The second kappa shape index (κ2) is 3.67. The van der Waals surface area contributed by atoms with Crippen LogP contribution in [0.15, 0.2) is 41.6 Å². The summed E-state index contributed by atoms with van der Waals surface area (Å²) in [6.07, 6.45) is 11.5. The monoisotopic (exact) mass is 134 g/mol. The van der Waals surface area contributed by atoms with E-state index in [9.17, 15) is 0 Å². The van der Waals surface area contributed by atoms with Crippen molar-refractivity contribution >= 4 is 5.84 Å². The third-order valence-electron chi connectivity index (χ3n) is 1.16. The fourth-order valence-electron chi connectivity index (χ4n) is 0.651. The molecule has 2 nitrogen and oxygen atoms in total. The molecule has 1 heterocycles. The standard InChI is InChI=1S/C8H10N2/c1-9-8-6-4-2-3-5-7-10-8/h2-7H,1H3,(H,9,10). The summed E-state index contributed by atoms with van der Waals surface area (Å²) >= 11 is 0. The van der Waals surface area contributed by atoms with Crippen LogP contribution in [0.1, 0.15) is 0 Å². The summed E-state index contributed by atoms with van der Waals surface area (Å²) in [5.41, 5.74) is 0. The molecule has 1 aliphatic heterocycles. The molecule has 1 rings (SSSR count). The van der Waals surface area contributed by atoms with Gasteiger partial charge in [-0.2, -0.15) is 0 Å². The zero-order chi connectivity index (χ0) is 7.23. The lowest BCUT2D eigenvalue weighted by Crippen LogP contribution is -2.14. The molecular weight excluding hydrogens is 124 g/mol. The highest BCUT2D eigenvalue weighted by atomic mass is 15.0. The predicted molar refractivity (Wildman–Crippen MR) is 43.9 cm³/mol. The maximum absolute atomic E-state index is 3.98. The summed E-state index contributed by atoms with van der Waals surface area (Å²) < 4.78 is 0. The molecule has 52 valence electrons. The van der Waals surface area contributed by atoms with Gasteiger partial charge < -0.3 is 5.32 Å². The minimum atomic E-state index is 0.876. The summed E-state index contributed by atoms with van der Waals surface area (Å²) in [5, 5.41) is 3.00. The second-order valence-electron chi connectivity index (χ2n) is 1.86. The highest BCUT2D eigenvalue weighted by molar-refractivity contribution is 5.93. The molecule has 0 aromatic heterocycles. The Hall–Kier alpha value is -1.31. The van der Waals surface area contributed by atoms with Crippen molar-refractivity contribution in [2.45, 2.75) is 0 Å². The quantitative estimate of drug-likeness (QED) is 0.529. The zero-order valence-electron chi connectivity index (χ0n) is 5.91. The fraction of sp³-hybridized carbons (Fsp3) is 0.125. The molecule has 0 spiro atoms. The first-order chi connectivity index (χ1) is 4.93. The zero-order valence-corrected chi connectivity index (χ0v) is 5.91. The molecule has 0 amide bonds. The Morgan fingerprint density at radius 1 is 1.20 bits per heavy atom. The lowest BCUT2D eigenvalue weighted by molar-refractivity contribution is 1.24. The third-order valence-corrected chi connectivity index (χ3v) is 1.16. The minimum Gasteiger partial charge on any atom is -0.347 e. The van der Waals surface area contributed by atoms with Crippen LogP contribution in [0.2, 0.25) is 0 Å². The van der Waals surface area contributed by atoms with Crippen molar-refractivity contribution in [3.05, 3.63) is 36.6 Å². The van der Waals surface area contributed by atoms with Gasteiger partial charge in [0.05, 0.1) is 0 Å². The lowest BCUT2D eigenvalue weighted by atomic mass is 10.3. The number of hydrogen-bond acceptors (Lipinski definition) is 1. The van der Waals surface area contributed by atoms with E-state index in [4.69, 9.17) is 0 Å². The molecule has 10 heavy (non-hydrogen) atoms. The minimum absolute atomic E-state index is 0.876. The number of amidine groups is 1. The van der Waals surface area contributed by atoms with Gasteiger partial charge in [-0.15, -0.1) is 0 Å². The molecule has 0 fully saturated rings. The van der Waals surface area contributed by atoms with Crippen molar-refractivity contribution in [3.63, 3.8) is 0 Å². The largest absolute Gasteiger partial charge is 0.347 e. The van der Waals surface area contributed by atoms with Crippen LogP contribution in [0.5, 0.6) is 0 Å². The fourth-order valence-corrected chi connectivity index (χ4v) is 0.651. The van der Waals surface area contributed by atoms with Gasteiger partial charge in [-0.05, 0) is 12.2 Å². The van der Waals surface area contributed by atoms with Crippen molar-refractivity contribution < 1.29 is 0 Å². The summed E-state index contributed by atoms with van der Waals surface area (Å²) in [6, 6.07) is 0. The van der Waals surface area contributed by atoms with Crippen molar-refractivity contribution in [1.29, 1.82) is 0 Å². The van der Waals surface area contributed by atoms with E-state index in [0.29, 0.717) is 0 Å². The number of aliphatic imine (C=N–C) groups is 1. The smallest absolute Gasteiger partial charge is 0.124 e. The number of allylic oxidation sites excluding steroid dienone is 4. The Labute approximate surface area is 60.7 Å². The van der Waals surface area contributed by atoms with E-state index in [-0.39, 0.29) is 0 Å². The summed E-state index contributed by atoms with van der Waals surface area (Å²) in [5.74, 6) is 0.876. The molecule has 0 atom stereocenters. The molecule has 2 heteroatoms.